The van der Waals surface area contributed by atoms with E-state index in [0.29, 0.717) is 5.69 Å². The van der Waals surface area contributed by atoms with Gasteiger partial charge >= 0.3 is 11.9 Å². The standard InChI is InChI=1S/C16H14N2O6/c1-17(12-5-3-2-4-6-12)14(19)11-23-16(20)10-8-13-7-9-15(24-13)18(21)22/h2-10H,11H2,1H3/b10-8+. The topological polar surface area (TPSA) is 103 Å². The van der Waals surface area contributed by atoms with Gasteiger partial charge in [-0.2, -0.15) is 0 Å². The molecule has 0 radical (unpaired) electrons. The summed E-state index contributed by atoms with van der Waals surface area (Å²) < 4.78 is 9.68. The molecule has 0 spiro atoms. The first-order valence-corrected chi connectivity index (χ1v) is 6.88. The molecular weight excluding hydrogens is 316 g/mol. The van der Waals surface area contributed by atoms with Crippen LogP contribution < -0.4 is 4.90 Å². The molecule has 0 bridgehead atoms. The number of anilines is 1. The number of nitro groups is 1. The van der Waals surface area contributed by atoms with Crippen LogP contribution in [0.5, 0.6) is 0 Å². The maximum atomic E-state index is 11.9. The summed E-state index contributed by atoms with van der Waals surface area (Å²) in [6.07, 6.45) is 2.25. The van der Waals surface area contributed by atoms with Crippen LogP contribution in [0, 0.1) is 10.1 Å². The number of esters is 1. The molecule has 0 aliphatic heterocycles. The molecule has 1 heterocycles. The Hall–Kier alpha value is -3.42. The van der Waals surface area contributed by atoms with Crippen LogP contribution in [-0.2, 0) is 14.3 Å². The van der Waals surface area contributed by atoms with Gasteiger partial charge in [0.1, 0.15) is 10.7 Å². The molecule has 0 saturated heterocycles. The summed E-state index contributed by atoms with van der Waals surface area (Å²) in [5.74, 6) is -1.45. The van der Waals surface area contributed by atoms with Crippen molar-refractivity contribution < 1.29 is 23.7 Å². The van der Waals surface area contributed by atoms with Crippen LogP contribution >= 0.6 is 0 Å². The predicted octanol–water partition coefficient (Wildman–Crippen LogP) is 2.41. The number of benzene rings is 1. The van der Waals surface area contributed by atoms with E-state index in [1.54, 1.807) is 31.3 Å². The van der Waals surface area contributed by atoms with E-state index in [1.165, 1.54) is 23.1 Å². The highest BCUT2D eigenvalue weighted by Gasteiger charge is 2.13. The van der Waals surface area contributed by atoms with Gasteiger partial charge in [0, 0.05) is 18.8 Å². The quantitative estimate of drug-likeness (QED) is 0.349. The molecule has 2 aromatic rings. The number of furan rings is 1. The Morgan fingerprint density at radius 1 is 1.25 bits per heavy atom. The number of rotatable bonds is 6. The van der Waals surface area contributed by atoms with E-state index in [1.807, 2.05) is 6.07 Å². The summed E-state index contributed by atoms with van der Waals surface area (Å²) in [4.78, 5) is 34.6. The fraction of sp³-hybridized carbons (Fsp3) is 0.125. The molecular formula is C16H14N2O6. The van der Waals surface area contributed by atoms with Gasteiger partial charge in [0.2, 0.25) is 0 Å². The van der Waals surface area contributed by atoms with Gasteiger partial charge in [0.05, 0.1) is 6.07 Å². The average molecular weight is 330 g/mol. The molecule has 1 amide bonds. The van der Waals surface area contributed by atoms with Crippen LogP contribution in [0.1, 0.15) is 5.76 Å². The zero-order chi connectivity index (χ0) is 17.5. The highest BCUT2D eigenvalue weighted by molar-refractivity contribution is 5.96. The van der Waals surface area contributed by atoms with Crippen LogP contribution in [0.3, 0.4) is 0 Å². The lowest BCUT2D eigenvalue weighted by Gasteiger charge is -2.16. The molecule has 24 heavy (non-hydrogen) atoms. The minimum atomic E-state index is -0.760. The number of likely N-dealkylation sites (N-methyl/N-ethyl adjacent to an activating group) is 1. The fourth-order valence-corrected chi connectivity index (χ4v) is 1.75. The van der Waals surface area contributed by atoms with E-state index in [9.17, 15) is 19.7 Å². The SMILES string of the molecule is CN(C(=O)COC(=O)/C=C/c1ccc([N+](=O)[O-])o1)c1ccccc1. The van der Waals surface area contributed by atoms with Gasteiger partial charge in [0.15, 0.2) is 6.61 Å². The number of para-hydroxylation sites is 1. The average Bonchev–Trinajstić information content (AvgIpc) is 3.07. The second-order valence-electron chi connectivity index (χ2n) is 4.66. The van der Waals surface area contributed by atoms with Crippen molar-refractivity contribution in [1.29, 1.82) is 0 Å². The Morgan fingerprint density at radius 2 is 1.96 bits per heavy atom. The summed E-state index contributed by atoms with van der Waals surface area (Å²) in [7, 11) is 1.57. The summed E-state index contributed by atoms with van der Waals surface area (Å²) in [5, 5.41) is 10.5. The van der Waals surface area contributed by atoms with Crippen molar-refractivity contribution in [3.8, 4) is 0 Å². The summed E-state index contributed by atoms with van der Waals surface area (Å²) in [5.41, 5.74) is 0.678. The highest BCUT2D eigenvalue weighted by Crippen LogP contribution is 2.16. The highest BCUT2D eigenvalue weighted by atomic mass is 16.6. The van der Waals surface area contributed by atoms with Gasteiger partial charge in [-0.15, -0.1) is 0 Å². The van der Waals surface area contributed by atoms with E-state index >= 15 is 0 Å². The van der Waals surface area contributed by atoms with Crippen LogP contribution in [0.25, 0.3) is 6.08 Å². The van der Waals surface area contributed by atoms with E-state index in [-0.39, 0.29) is 5.76 Å². The molecule has 124 valence electrons. The fourth-order valence-electron chi connectivity index (χ4n) is 1.75. The van der Waals surface area contributed by atoms with Gasteiger partial charge < -0.3 is 14.1 Å². The van der Waals surface area contributed by atoms with Crippen LogP contribution in [0.2, 0.25) is 0 Å². The molecule has 0 aliphatic carbocycles. The summed E-state index contributed by atoms with van der Waals surface area (Å²) in [6, 6.07) is 11.4. The second-order valence-corrected chi connectivity index (χ2v) is 4.66. The molecule has 2 rings (SSSR count). The molecule has 0 unspecified atom stereocenters. The van der Waals surface area contributed by atoms with E-state index < -0.39 is 29.3 Å². The monoisotopic (exact) mass is 330 g/mol. The minimum absolute atomic E-state index is 0.131. The van der Waals surface area contributed by atoms with Gasteiger partial charge in [-0.3, -0.25) is 14.9 Å². The molecule has 8 heteroatoms. The van der Waals surface area contributed by atoms with Crippen LogP contribution in [-0.4, -0.2) is 30.5 Å². The Bertz CT molecular complexity index is 766. The Balaban J connectivity index is 1.85. The maximum absolute atomic E-state index is 11.9. The van der Waals surface area contributed by atoms with E-state index in [0.717, 1.165) is 6.08 Å². The number of amides is 1. The van der Waals surface area contributed by atoms with Crippen molar-refractivity contribution in [3.63, 3.8) is 0 Å². The van der Waals surface area contributed by atoms with Crippen LogP contribution in [0.15, 0.2) is 53.0 Å². The number of nitrogens with zero attached hydrogens (tertiary/aromatic N) is 2. The van der Waals surface area contributed by atoms with Crippen molar-refractivity contribution in [2.75, 3.05) is 18.6 Å². The summed E-state index contributed by atoms with van der Waals surface area (Å²) >= 11 is 0. The largest absolute Gasteiger partial charge is 0.452 e. The molecule has 0 fully saturated rings. The Morgan fingerprint density at radius 3 is 2.58 bits per heavy atom. The number of carbonyl (C=O) groups excluding carboxylic acids is 2. The van der Waals surface area contributed by atoms with Crippen molar-refractivity contribution in [2.45, 2.75) is 0 Å². The molecule has 1 aromatic carbocycles. The third-order valence-corrected chi connectivity index (χ3v) is 3.03. The third-order valence-electron chi connectivity index (χ3n) is 3.03. The normalized spacial score (nSPS) is 10.5. The zero-order valence-corrected chi connectivity index (χ0v) is 12.7. The maximum Gasteiger partial charge on any atom is 0.433 e. The molecule has 0 aliphatic rings. The lowest BCUT2D eigenvalue weighted by molar-refractivity contribution is -0.402. The van der Waals surface area contributed by atoms with E-state index in [2.05, 4.69) is 0 Å². The first-order chi connectivity index (χ1) is 11.5. The minimum Gasteiger partial charge on any atom is -0.452 e. The van der Waals surface area contributed by atoms with Crippen molar-refractivity contribution >= 4 is 29.5 Å². The molecule has 0 atom stereocenters. The van der Waals surface area contributed by atoms with Gasteiger partial charge in [0.25, 0.3) is 5.91 Å². The van der Waals surface area contributed by atoms with Crippen LogP contribution in [0.4, 0.5) is 11.6 Å². The van der Waals surface area contributed by atoms with Crippen molar-refractivity contribution in [3.05, 3.63) is 64.4 Å². The van der Waals surface area contributed by atoms with Gasteiger partial charge in [-0.25, -0.2) is 4.79 Å². The molecule has 0 saturated carbocycles. The lowest BCUT2D eigenvalue weighted by atomic mass is 10.3. The first-order valence-electron chi connectivity index (χ1n) is 6.88. The summed E-state index contributed by atoms with van der Waals surface area (Å²) in [6.45, 7) is -0.424. The van der Waals surface area contributed by atoms with Crippen molar-refractivity contribution in [2.24, 2.45) is 0 Å². The number of ether oxygens (including phenoxy) is 1. The number of hydrogen-bond donors (Lipinski definition) is 0. The Kier molecular flexibility index (Phi) is 5.45. The molecule has 8 nitrogen and oxygen atoms in total. The third kappa shape index (κ3) is 4.54. The van der Waals surface area contributed by atoms with E-state index in [4.69, 9.17) is 9.15 Å². The lowest BCUT2D eigenvalue weighted by Crippen LogP contribution is -2.30. The molecule has 1 aromatic heterocycles. The molecule has 0 N–H and O–H groups in total. The number of hydrogen-bond acceptors (Lipinski definition) is 6. The first kappa shape index (κ1) is 16.9. The smallest absolute Gasteiger partial charge is 0.433 e. The second kappa shape index (κ2) is 7.73. The zero-order valence-electron chi connectivity index (χ0n) is 12.7. The number of carbonyl (C=O) groups is 2. The Labute approximate surface area is 137 Å². The van der Waals surface area contributed by atoms with Gasteiger partial charge in [-0.1, -0.05) is 18.2 Å². The predicted molar refractivity (Wildman–Crippen MR) is 85.2 cm³/mol. The van der Waals surface area contributed by atoms with Crippen molar-refractivity contribution in [1.82, 2.24) is 0 Å². The van der Waals surface area contributed by atoms with Gasteiger partial charge in [-0.05, 0) is 24.3 Å².